The number of carbonyl (C=O) groups is 1. The molecule has 1 aromatic heterocycles. The summed E-state index contributed by atoms with van der Waals surface area (Å²) in [6, 6.07) is 9.63. The molecule has 0 unspecified atom stereocenters. The van der Waals surface area contributed by atoms with Crippen LogP contribution >= 0.6 is 0 Å². The van der Waals surface area contributed by atoms with Crippen molar-refractivity contribution in [1.29, 1.82) is 0 Å². The van der Waals surface area contributed by atoms with Gasteiger partial charge in [-0.05, 0) is 24.5 Å². The Morgan fingerprint density at radius 2 is 1.95 bits per heavy atom. The van der Waals surface area contributed by atoms with Gasteiger partial charge in [-0.25, -0.2) is 4.68 Å². The molecular weight excluding hydrogens is 250 g/mol. The molecule has 2 aromatic rings. The number of hydrogen-bond acceptors (Lipinski definition) is 3. The Balaban J connectivity index is 2.26. The van der Waals surface area contributed by atoms with Gasteiger partial charge in [0.1, 0.15) is 0 Å². The fourth-order valence-electron chi connectivity index (χ4n) is 2.93. The Hall–Kier alpha value is -1.94. The van der Waals surface area contributed by atoms with E-state index in [0.717, 1.165) is 17.1 Å². The van der Waals surface area contributed by atoms with Crippen LogP contribution in [0, 0.1) is 12.3 Å². The molecule has 1 aliphatic carbocycles. The van der Waals surface area contributed by atoms with Gasteiger partial charge in [-0.15, -0.1) is 0 Å². The SMILES string of the molecule is Cc1nn(-c2ccccc2)c2c1C(=O)CC(C)(C)[C@@H]2N. The Labute approximate surface area is 118 Å². The van der Waals surface area contributed by atoms with Gasteiger partial charge in [0.2, 0.25) is 0 Å². The van der Waals surface area contributed by atoms with Gasteiger partial charge < -0.3 is 5.73 Å². The van der Waals surface area contributed by atoms with Crippen molar-refractivity contribution in [2.75, 3.05) is 0 Å². The third kappa shape index (κ3) is 1.79. The number of fused-ring (bicyclic) bond motifs is 1. The van der Waals surface area contributed by atoms with Crippen molar-refractivity contribution in [2.24, 2.45) is 11.1 Å². The Morgan fingerprint density at radius 1 is 1.30 bits per heavy atom. The number of aryl methyl sites for hydroxylation is 1. The van der Waals surface area contributed by atoms with Crippen molar-refractivity contribution >= 4 is 5.78 Å². The summed E-state index contributed by atoms with van der Waals surface area (Å²) in [4.78, 5) is 12.4. The number of nitrogens with two attached hydrogens (primary N) is 1. The molecule has 2 N–H and O–H groups in total. The van der Waals surface area contributed by atoms with Crippen molar-refractivity contribution in [3.8, 4) is 5.69 Å². The van der Waals surface area contributed by atoms with Crippen LogP contribution in [-0.2, 0) is 0 Å². The molecular formula is C16H19N3O. The van der Waals surface area contributed by atoms with Crippen LogP contribution in [0.3, 0.4) is 0 Å². The highest BCUT2D eigenvalue weighted by Gasteiger charge is 2.42. The standard InChI is InChI=1S/C16H19N3O/c1-10-13-12(20)9-16(2,3)15(17)14(13)19(18-10)11-7-5-4-6-8-11/h4-8,15H,9,17H2,1-3H3/t15-/m1/s1. The quantitative estimate of drug-likeness (QED) is 0.866. The summed E-state index contributed by atoms with van der Waals surface area (Å²) in [7, 11) is 0. The molecule has 1 heterocycles. The van der Waals surface area contributed by atoms with E-state index in [4.69, 9.17) is 5.73 Å². The lowest BCUT2D eigenvalue weighted by Gasteiger charge is -2.35. The molecule has 0 fully saturated rings. The van der Waals surface area contributed by atoms with Crippen LogP contribution in [0.15, 0.2) is 30.3 Å². The highest BCUT2D eigenvalue weighted by Crippen LogP contribution is 2.43. The maximum Gasteiger partial charge on any atom is 0.167 e. The lowest BCUT2D eigenvalue weighted by molar-refractivity contribution is 0.0881. The summed E-state index contributed by atoms with van der Waals surface area (Å²) in [5.74, 6) is 0.145. The number of hydrogen-bond donors (Lipinski definition) is 1. The first-order chi connectivity index (χ1) is 9.42. The van der Waals surface area contributed by atoms with Gasteiger partial charge in [0, 0.05) is 6.42 Å². The Bertz CT molecular complexity index is 671. The second-order valence-corrected chi connectivity index (χ2v) is 6.16. The minimum Gasteiger partial charge on any atom is -0.322 e. The largest absolute Gasteiger partial charge is 0.322 e. The minimum absolute atomic E-state index is 0.145. The maximum atomic E-state index is 12.4. The van der Waals surface area contributed by atoms with E-state index >= 15 is 0 Å². The van der Waals surface area contributed by atoms with E-state index in [9.17, 15) is 4.79 Å². The minimum atomic E-state index is -0.247. The predicted molar refractivity (Wildman–Crippen MR) is 78.0 cm³/mol. The highest BCUT2D eigenvalue weighted by atomic mass is 16.1. The van der Waals surface area contributed by atoms with Gasteiger partial charge in [-0.3, -0.25) is 4.79 Å². The first-order valence-corrected chi connectivity index (χ1v) is 6.85. The van der Waals surface area contributed by atoms with Crippen LogP contribution in [0.1, 0.15) is 48.1 Å². The monoisotopic (exact) mass is 269 g/mol. The molecule has 0 saturated heterocycles. The second-order valence-electron chi connectivity index (χ2n) is 6.16. The molecule has 1 aromatic carbocycles. The zero-order valence-corrected chi connectivity index (χ0v) is 12.1. The number of aromatic nitrogens is 2. The molecule has 0 saturated carbocycles. The number of ketones is 1. The predicted octanol–water partition coefficient (Wildman–Crippen LogP) is 2.79. The van der Waals surface area contributed by atoms with Crippen LogP contribution in [0.25, 0.3) is 5.69 Å². The van der Waals surface area contributed by atoms with Crippen LogP contribution in [0.4, 0.5) is 0 Å². The van der Waals surface area contributed by atoms with Gasteiger partial charge in [0.25, 0.3) is 0 Å². The van der Waals surface area contributed by atoms with Crippen molar-refractivity contribution in [3.05, 3.63) is 47.3 Å². The van der Waals surface area contributed by atoms with Crippen molar-refractivity contribution in [1.82, 2.24) is 9.78 Å². The zero-order chi connectivity index (χ0) is 14.5. The lowest BCUT2D eigenvalue weighted by atomic mass is 9.72. The average Bonchev–Trinajstić information content (AvgIpc) is 2.75. The van der Waals surface area contributed by atoms with Gasteiger partial charge in [0.15, 0.2) is 5.78 Å². The molecule has 0 aliphatic heterocycles. The van der Waals surface area contributed by atoms with Gasteiger partial charge in [0.05, 0.1) is 28.7 Å². The first-order valence-electron chi connectivity index (χ1n) is 6.85. The Morgan fingerprint density at radius 3 is 2.60 bits per heavy atom. The van der Waals surface area contributed by atoms with Gasteiger partial charge in [-0.1, -0.05) is 32.0 Å². The molecule has 20 heavy (non-hydrogen) atoms. The molecule has 3 rings (SSSR count). The Kier molecular flexibility index (Phi) is 2.80. The van der Waals surface area contributed by atoms with E-state index in [2.05, 4.69) is 5.10 Å². The summed E-state index contributed by atoms with van der Waals surface area (Å²) in [6.07, 6.45) is 0.475. The third-order valence-electron chi connectivity index (χ3n) is 4.13. The fraction of sp³-hybridized carbons (Fsp3) is 0.375. The van der Waals surface area contributed by atoms with E-state index < -0.39 is 0 Å². The van der Waals surface area contributed by atoms with Crippen LogP contribution in [0.5, 0.6) is 0 Å². The van der Waals surface area contributed by atoms with Gasteiger partial charge in [-0.2, -0.15) is 5.10 Å². The van der Waals surface area contributed by atoms with Crippen LogP contribution in [-0.4, -0.2) is 15.6 Å². The molecule has 1 atom stereocenters. The number of rotatable bonds is 1. The number of benzene rings is 1. The van der Waals surface area contributed by atoms with Crippen LogP contribution < -0.4 is 5.73 Å². The molecule has 0 bridgehead atoms. The summed E-state index contributed by atoms with van der Waals surface area (Å²) in [5.41, 5.74) is 9.44. The third-order valence-corrected chi connectivity index (χ3v) is 4.13. The molecule has 104 valence electrons. The summed E-state index contributed by atoms with van der Waals surface area (Å²) in [5, 5.41) is 4.54. The average molecular weight is 269 g/mol. The van der Waals surface area contributed by atoms with E-state index in [1.165, 1.54) is 0 Å². The molecule has 0 spiro atoms. The maximum absolute atomic E-state index is 12.4. The van der Waals surface area contributed by atoms with E-state index in [1.54, 1.807) is 0 Å². The van der Waals surface area contributed by atoms with Gasteiger partial charge >= 0.3 is 0 Å². The molecule has 0 amide bonds. The van der Waals surface area contributed by atoms with Crippen LogP contribution in [0.2, 0.25) is 0 Å². The summed E-state index contributed by atoms with van der Waals surface area (Å²) >= 11 is 0. The molecule has 4 nitrogen and oxygen atoms in total. The second kappa shape index (κ2) is 4.28. The molecule has 1 aliphatic rings. The van der Waals surface area contributed by atoms with Crippen molar-refractivity contribution in [3.63, 3.8) is 0 Å². The number of para-hydroxylation sites is 1. The topological polar surface area (TPSA) is 60.9 Å². The molecule has 0 radical (unpaired) electrons. The van der Waals surface area contributed by atoms with Crippen molar-refractivity contribution < 1.29 is 4.79 Å². The highest BCUT2D eigenvalue weighted by molar-refractivity contribution is 6.00. The smallest absolute Gasteiger partial charge is 0.167 e. The van der Waals surface area contributed by atoms with E-state index in [1.807, 2.05) is 55.8 Å². The number of Topliss-reactive ketones (excluding diaryl/α,β-unsaturated/α-hetero) is 1. The lowest BCUT2D eigenvalue weighted by Crippen LogP contribution is -2.38. The zero-order valence-electron chi connectivity index (χ0n) is 12.1. The fourth-order valence-corrected chi connectivity index (χ4v) is 2.93. The summed E-state index contributed by atoms with van der Waals surface area (Å²) < 4.78 is 1.83. The normalized spacial score (nSPS) is 20.8. The molecule has 4 heteroatoms. The van der Waals surface area contributed by atoms with E-state index in [0.29, 0.717) is 12.0 Å². The van der Waals surface area contributed by atoms with Crippen molar-refractivity contribution in [2.45, 2.75) is 33.2 Å². The number of carbonyl (C=O) groups excluding carboxylic acids is 1. The van der Waals surface area contributed by atoms with E-state index in [-0.39, 0.29) is 17.2 Å². The first kappa shape index (κ1) is 13.1. The number of nitrogens with zero attached hydrogens (tertiary/aromatic N) is 2. The summed E-state index contributed by atoms with van der Waals surface area (Å²) in [6.45, 7) is 5.95.